The van der Waals surface area contributed by atoms with Crippen LogP contribution in [0.15, 0.2) is 48.7 Å². The number of rotatable bonds is 5. The Morgan fingerprint density at radius 2 is 2.03 bits per heavy atom. The predicted molar refractivity (Wildman–Crippen MR) is 112 cm³/mol. The highest BCUT2D eigenvalue weighted by Gasteiger charge is 2.33. The molecule has 0 atom stereocenters. The second-order valence-corrected chi connectivity index (χ2v) is 7.98. The van der Waals surface area contributed by atoms with Gasteiger partial charge < -0.3 is 10.1 Å². The van der Waals surface area contributed by atoms with Gasteiger partial charge in [0.15, 0.2) is 0 Å². The molecule has 30 heavy (non-hydrogen) atoms. The SMILES string of the molecule is Cc1ccc(Cn2nnc3cc(-c4ccnc(NC5(C)COC5)n4)ccc32)cc1F. The number of hydrogen-bond acceptors (Lipinski definition) is 6. The van der Waals surface area contributed by atoms with Gasteiger partial charge in [0.2, 0.25) is 5.95 Å². The van der Waals surface area contributed by atoms with Gasteiger partial charge in [0.1, 0.15) is 11.3 Å². The molecule has 1 fully saturated rings. The van der Waals surface area contributed by atoms with E-state index in [2.05, 4.69) is 32.5 Å². The number of benzene rings is 2. The minimum absolute atomic E-state index is 0.124. The molecule has 0 radical (unpaired) electrons. The molecule has 1 aliphatic rings. The fourth-order valence-electron chi connectivity index (χ4n) is 3.49. The Labute approximate surface area is 172 Å². The summed E-state index contributed by atoms with van der Waals surface area (Å²) in [5.41, 5.74) is 4.71. The van der Waals surface area contributed by atoms with Crippen molar-refractivity contribution in [3.05, 3.63) is 65.6 Å². The molecule has 152 valence electrons. The van der Waals surface area contributed by atoms with Gasteiger partial charge in [-0.15, -0.1) is 5.10 Å². The Hall–Kier alpha value is -3.39. The third kappa shape index (κ3) is 3.50. The van der Waals surface area contributed by atoms with Crippen LogP contribution in [0.4, 0.5) is 10.3 Å². The molecule has 0 bridgehead atoms. The summed E-state index contributed by atoms with van der Waals surface area (Å²) >= 11 is 0. The fraction of sp³-hybridized carbons (Fsp3) is 0.273. The smallest absolute Gasteiger partial charge is 0.223 e. The van der Waals surface area contributed by atoms with E-state index in [1.807, 2.05) is 30.3 Å². The fourth-order valence-corrected chi connectivity index (χ4v) is 3.49. The molecular formula is C22H21FN6O. The first-order valence-corrected chi connectivity index (χ1v) is 9.77. The Morgan fingerprint density at radius 3 is 2.80 bits per heavy atom. The summed E-state index contributed by atoms with van der Waals surface area (Å²) < 4.78 is 20.9. The van der Waals surface area contributed by atoms with E-state index < -0.39 is 0 Å². The Bertz CT molecular complexity index is 1230. The molecule has 2 aromatic carbocycles. The second-order valence-electron chi connectivity index (χ2n) is 7.98. The Morgan fingerprint density at radius 1 is 1.17 bits per heavy atom. The van der Waals surface area contributed by atoms with Gasteiger partial charge in [-0.05, 0) is 49.2 Å². The summed E-state index contributed by atoms with van der Waals surface area (Å²) in [6.07, 6.45) is 1.74. The van der Waals surface area contributed by atoms with Gasteiger partial charge in [0.05, 0.1) is 36.5 Å². The van der Waals surface area contributed by atoms with E-state index in [0.717, 1.165) is 27.9 Å². The molecule has 1 saturated heterocycles. The summed E-state index contributed by atoms with van der Waals surface area (Å²) in [6.45, 7) is 5.56. The molecule has 1 aliphatic heterocycles. The molecule has 0 saturated carbocycles. The van der Waals surface area contributed by atoms with Crippen molar-refractivity contribution in [1.82, 2.24) is 25.0 Å². The van der Waals surface area contributed by atoms with E-state index in [9.17, 15) is 4.39 Å². The van der Waals surface area contributed by atoms with Gasteiger partial charge in [0, 0.05) is 11.8 Å². The molecule has 0 amide bonds. The number of aromatic nitrogens is 5. The van der Waals surface area contributed by atoms with Crippen molar-refractivity contribution >= 4 is 17.0 Å². The average Bonchev–Trinajstić information content (AvgIpc) is 3.12. The van der Waals surface area contributed by atoms with Crippen LogP contribution in [-0.4, -0.2) is 43.7 Å². The number of aryl methyl sites for hydroxylation is 1. The third-order valence-corrected chi connectivity index (χ3v) is 5.29. The van der Waals surface area contributed by atoms with E-state index in [0.29, 0.717) is 31.3 Å². The van der Waals surface area contributed by atoms with E-state index in [1.54, 1.807) is 29.9 Å². The topological polar surface area (TPSA) is 77.8 Å². The number of nitrogens with one attached hydrogen (secondary N) is 1. The van der Waals surface area contributed by atoms with Gasteiger partial charge in [-0.2, -0.15) is 0 Å². The summed E-state index contributed by atoms with van der Waals surface area (Å²) in [4.78, 5) is 8.95. The summed E-state index contributed by atoms with van der Waals surface area (Å²) in [7, 11) is 0. The van der Waals surface area contributed by atoms with Gasteiger partial charge >= 0.3 is 0 Å². The van der Waals surface area contributed by atoms with Crippen LogP contribution in [0.25, 0.3) is 22.3 Å². The summed E-state index contributed by atoms with van der Waals surface area (Å²) in [6, 6.07) is 13.0. The molecule has 3 heterocycles. The number of halogens is 1. The average molecular weight is 404 g/mol. The molecule has 0 unspecified atom stereocenters. The lowest BCUT2D eigenvalue weighted by Crippen LogP contribution is -2.53. The largest absolute Gasteiger partial charge is 0.376 e. The zero-order valence-electron chi connectivity index (χ0n) is 16.8. The van der Waals surface area contributed by atoms with E-state index in [4.69, 9.17) is 4.74 Å². The number of nitrogens with zero attached hydrogens (tertiary/aromatic N) is 5. The maximum atomic E-state index is 13.9. The molecular weight excluding hydrogens is 383 g/mol. The monoisotopic (exact) mass is 404 g/mol. The minimum Gasteiger partial charge on any atom is -0.376 e. The highest BCUT2D eigenvalue weighted by atomic mass is 19.1. The Balaban J connectivity index is 1.41. The molecule has 8 heteroatoms. The number of anilines is 1. The zero-order chi connectivity index (χ0) is 20.7. The number of fused-ring (bicyclic) bond motifs is 1. The predicted octanol–water partition coefficient (Wildman–Crippen LogP) is 3.58. The first-order chi connectivity index (χ1) is 14.5. The second kappa shape index (κ2) is 7.14. The van der Waals surface area contributed by atoms with Crippen LogP contribution < -0.4 is 5.32 Å². The van der Waals surface area contributed by atoms with Crippen LogP contribution in [0.5, 0.6) is 0 Å². The highest BCUT2D eigenvalue weighted by molar-refractivity contribution is 5.80. The van der Waals surface area contributed by atoms with Gasteiger partial charge in [-0.25, -0.2) is 19.0 Å². The lowest BCUT2D eigenvalue weighted by atomic mass is 10.0. The molecule has 1 N–H and O–H groups in total. The number of hydrogen-bond donors (Lipinski definition) is 1. The van der Waals surface area contributed by atoms with Crippen LogP contribution in [0.2, 0.25) is 0 Å². The third-order valence-electron chi connectivity index (χ3n) is 5.29. The van der Waals surface area contributed by atoms with Crippen molar-refractivity contribution < 1.29 is 9.13 Å². The molecule has 4 aromatic rings. The van der Waals surface area contributed by atoms with Gasteiger partial charge in [-0.1, -0.05) is 23.4 Å². The van der Waals surface area contributed by atoms with Crippen LogP contribution in [0, 0.1) is 12.7 Å². The lowest BCUT2D eigenvalue weighted by Gasteiger charge is -2.38. The maximum Gasteiger partial charge on any atom is 0.223 e. The van der Waals surface area contributed by atoms with Gasteiger partial charge in [-0.3, -0.25) is 0 Å². The molecule has 7 nitrogen and oxygen atoms in total. The van der Waals surface area contributed by atoms with Gasteiger partial charge in [0.25, 0.3) is 0 Å². The van der Waals surface area contributed by atoms with Crippen LogP contribution in [-0.2, 0) is 11.3 Å². The number of ether oxygens (including phenoxy) is 1. The van der Waals surface area contributed by atoms with E-state index in [1.165, 1.54) is 0 Å². The minimum atomic E-state index is -0.213. The quantitative estimate of drug-likeness (QED) is 0.548. The standard InChI is InChI=1S/C22H21FN6O/c1-14-3-4-15(9-17(14)23)11-29-20-6-5-16(10-19(20)27-28-29)18-7-8-24-21(25-18)26-22(2)12-30-13-22/h3-10H,11-13H2,1-2H3,(H,24,25,26). The first kappa shape index (κ1) is 18.6. The van der Waals surface area contributed by atoms with E-state index in [-0.39, 0.29) is 11.4 Å². The van der Waals surface area contributed by atoms with Crippen molar-refractivity contribution in [2.75, 3.05) is 18.5 Å². The van der Waals surface area contributed by atoms with Crippen molar-refractivity contribution in [2.24, 2.45) is 0 Å². The van der Waals surface area contributed by atoms with Crippen molar-refractivity contribution in [2.45, 2.75) is 25.9 Å². The molecule has 0 spiro atoms. The van der Waals surface area contributed by atoms with E-state index >= 15 is 0 Å². The maximum absolute atomic E-state index is 13.9. The molecule has 2 aromatic heterocycles. The first-order valence-electron chi connectivity index (χ1n) is 9.77. The summed E-state index contributed by atoms with van der Waals surface area (Å²) in [5.74, 6) is 0.359. The zero-order valence-corrected chi connectivity index (χ0v) is 16.8. The highest BCUT2D eigenvalue weighted by Crippen LogP contribution is 2.25. The van der Waals surface area contributed by atoms with Crippen LogP contribution >= 0.6 is 0 Å². The lowest BCUT2D eigenvalue weighted by molar-refractivity contribution is -0.0322. The molecule has 0 aliphatic carbocycles. The van der Waals surface area contributed by atoms with Crippen molar-refractivity contribution in [3.63, 3.8) is 0 Å². The normalized spacial score (nSPS) is 15.2. The molecule has 5 rings (SSSR count). The van der Waals surface area contributed by atoms with Crippen molar-refractivity contribution in [1.29, 1.82) is 0 Å². The summed E-state index contributed by atoms with van der Waals surface area (Å²) in [5, 5.41) is 11.9. The van der Waals surface area contributed by atoms with Crippen LogP contribution in [0.1, 0.15) is 18.1 Å². The van der Waals surface area contributed by atoms with Crippen LogP contribution in [0.3, 0.4) is 0 Å². The van der Waals surface area contributed by atoms with Crippen molar-refractivity contribution in [3.8, 4) is 11.3 Å². The Kier molecular flexibility index (Phi) is 4.43.